The molecule has 3 aromatic rings. The number of nitrogens with one attached hydrogen (secondary N) is 1. The lowest BCUT2D eigenvalue weighted by Crippen LogP contribution is -2.46. The van der Waals surface area contributed by atoms with Gasteiger partial charge in [-0.05, 0) is 43.9 Å². The van der Waals surface area contributed by atoms with Crippen LogP contribution in [0.5, 0.6) is 0 Å². The maximum Gasteiger partial charge on any atom is 0.229 e. The lowest BCUT2D eigenvalue weighted by Gasteiger charge is -2.34. The molecule has 0 radical (unpaired) electrons. The maximum atomic E-state index is 9.91. The van der Waals surface area contributed by atoms with Gasteiger partial charge in [-0.25, -0.2) is 19.9 Å². The fourth-order valence-electron chi connectivity index (χ4n) is 5.15. The number of nitrogens with zero attached hydrogens (tertiary/aromatic N) is 7. The SMILES string of the molecule is C[C@H](O)Cc1cc2cnc(Nc3ccc(CN4CCN(CCO)CC4)cn3)nc2c(N2CCCCC2)n1. The van der Waals surface area contributed by atoms with Crippen LogP contribution < -0.4 is 10.2 Å². The van der Waals surface area contributed by atoms with Gasteiger partial charge in [0.1, 0.15) is 11.3 Å². The van der Waals surface area contributed by atoms with Crippen molar-refractivity contribution in [3.8, 4) is 0 Å². The Hall–Kier alpha value is -2.92. The van der Waals surface area contributed by atoms with Gasteiger partial charge in [-0.3, -0.25) is 9.80 Å². The summed E-state index contributed by atoms with van der Waals surface area (Å²) in [6.07, 6.45) is 7.33. The Morgan fingerprint density at radius 3 is 2.43 bits per heavy atom. The smallest absolute Gasteiger partial charge is 0.229 e. The predicted octanol–water partition coefficient (Wildman–Crippen LogP) is 2.19. The number of hydrogen-bond acceptors (Lipinski definition) is 10. The van der Waals surface area contributed by atoms with Crippen molar-refractivity contribution < 1.29 is 10.2 Å². The number of hydrogen-bond donors (Lipinski definition) is 3. The van der Waals surface area contributed by atoms with Crippen molar-refractivity contribution in [3.05, 3.63) is 41.9 Å². The second-order valence-electron chi connectivity index (χ2n) is 10.2. The van der Waals surface area contributed by atoms with Gasteiger partial charge < -0.3 is 20.4 Å². The first-order valence-electron chi connectivity index (χ1n) is 13.4. The first-order valence-corrected chi connectivity index (χ1v) is 13.4. The zero-order chi connectivity index (χ0) is 25.6. The standard InChI is InChI=1S/C27H38N8O2/c1-20(37)15-23-16-22-18-29-27(32-25(22)26(30-23)35-7-3-2-4-8-35)31-24-6-5-21(17-28-24)19-34-11-9-33(10-12-34)13-14-36/h5-6,16-18,20,36-37H,2-4,7-15,19H2,1H3,(H,28,29,31,32)/t20-/m0/s1. The Morgan fingerprint density at radius 1 is 0.946 bits per heavy atom. The molecule has 2 fully saturated rings. The lowest BCUT2D eigenvalue weighted by atomic mass is 10.1. The van der Waals surface area contributed by atoms with E-state index in [1.165, 1.54) is 12.0 Å². The van der Waals surface area contributed by atoms with Crippen LogP contribution in [0, 0.1) is 0 Å². The number of β-amino-alcohol motifs (C(OH)–C–C–N with tert-alkyl or cyclic N) is 1. The number of pyridine rings is 2. The molecule has 5 heterocycles. The van der Waals surface area contributed by atoms with Crippen LogP contribution in [0.3, 0.4) is 0 Å². The van der Waals surface area contributed by atoms with Crippen molar-refractivity contribution in [1.82, 2.24) is 29.7 Å². The molecule has 2 aliphatic heterocycles. The molecule has 1 atom stereocenters. The van der Waals surface area contributed by atoms with Crippen LogP contribution in [0.4, 0.5) is 17.6 Å². The maximum absolute atomic E-state index is 9.91. The average Bonchev–Trinajstić information content (AvgIpc) is 2.91. The minimum Gasteiger partial charge on any atom is -0.395 e. The molecule has 5 rings (SSSR count). The Labute approximate surface area is 218 Å². The van der Waals surface area contributed by atoms with E-state index < -0.39 is 6.10 Å². The quantitative estimate of drug-likeness (QED) is 0.399. The molecule has 10 nitrogen and oxygen atoms in total. The first-order chi connectivity index (χ1) is 18.1. The molecule has 3 N–H and O–H groups in total. The normalized spacial score (nSPS) is 18.3. The van der Waals surface area contributed by atoms with E-state index in [0.29, 0.717) is 18.2 Å². The molecule has 10 heteroatoms. The monoisotopic (exact) mass is 506 g/mol. The number of fused-ring (bicyclic) bond motifs is 1. The summed E-state index contributed by atoms with van der Waals surface area (Å²) in [4.78, 5) is 25.9. The molecule has 0 bridgehead atoms. The zero-order valence-corrected chi connectivity index (χ0v) is 21.7. The van der Waals surface area contributed by atoms with Gasteiger partial charge in [0.15, 0.2) is 5.82 Å². The van der Waals surface area contributed by atoms with Gasteiger partial charge in [-0.1, -0.05) is 6.07 Å². The van der Waals surface area contributed by atoms with Crippen LogP contribution >= 0.6 is 0 Å². The fraction of sp³-hybridized carbons (Fsp3) is 0.556. The molecule has 2 saturated heterocycles. The van der Waals surface area contributed by atoms with E-state index in [0.717, 1.165) is 87.6 Å². The number of rotatable bonds is 9. The number of anilines is 3. The molecule has 2 aliphatic rings. The van der Waals surface area contributed by atoms with Crippen LogP contribution in [0.2, 0.25) is 0 Å². The summed E-state index contributed by atoms with van der Waals surface area (Å²) >= 11 is 0. The van der Waals surface area contributed by atoms with Crippen molar-refractivity contribution in [2.24, 2.45) is 0 Å². The fourth-order valence-corrected chi connectivity index (χ4v) is 5.15. The highest BCUT2D eigenvalue weighted by molar-refractivity contribution is 5.89. The van der Waals surface area contributed by atoms with Gasteiger partial charge in [0, 0.05) is 82.3 Å². The lowest BCUT2D eigenvalue weighted by molar-refractivity contribution is 0.108. The highest BCUT2D eigenvalue weighted by Crippen LogP contribution is 2.28. The molecule has 0 saturated carbocycles. The van der Waals surface area contributed by atoms with Crippen LogP contribution in [-0.4, -0.2) is 98.5 Å². The highest BCUT2D eigenvalue weighted by atomic mass is 16.3. The van der Waals surface area contributed by atoms with E-state index in [1.54, 1.807) is 6.92 Å². The number of aliphatic hydroxyl groups excluding tert-OH is 2. The number of piperazine rings is 1. The molecule has 0 amide bonds. The summed E-state index contributed by atoms with van der Waals surface area (Å²) in [5.74, 6) is 2.07. The van der Waals surface area contributed by atoms with E-state index in [4.69, 9.17) is 15.1 Å². The largest absolute Gasteiger partial charge is 0.395 e. The molecule has 0 aromatic carbocycles. The van der Waals surface area contributed by atoms with Crippen LogP contribution in [0.25, 0.3) is 10.9 Å². The molecule has 0 unspecified atom stereocenters. The van der Waals surface area contributed by atoms with Crippen molar-refractivity contribution in [3.63, 3.8) is 0 Å². The molecule has 37 heavy (non-hydrogen) atoms. The summed E-state index contributed by atoms with van der Waals surface area (Å²) in [6, 6.07) is 6.05. The summed E-state index contributed by atoms with van der Waals surface area (Å²) in [6.45, 7) is 9.53. The molecule has 0 spiro atoms. The third-order valence-corrected chi connectivity index (χ3v) is 7.11. The minimum absolute atomic E-state index is 0.222. The Balaban J connectivity index is 1.29. The topological polar surface area (TPSA) is 114 Å². The van der Waals surface area contributed by atoms with Crippen molar-refractivity contribution in [2.75, 3.05) is 62.6 Å². The number of aromatic nitrogens is 4. The number of aliphatic hydroxyl groups is 2. The van der Waals surface area contributed by atoms with Gasteiger partial charge in [-0.2, -0.15) is 0 Å². The van der Waals surface area contributed by atoms with Crippen LogP contribution in [0.15, 0.2) is 30.6 Å². The van der Waals surface area contributed by atoms with Crippen LogP contribution in [0.1, 0.15) is 37.4 Å². The summed E-state index contributed by atoms with van der Waals surface area (Å²) in [5, 5.41) is 23.2. The molecule has 3 aromatic heterocycles. The highest BCUT2D eigenvalue weighted by Gasteiger charge is 2.19. The third kappa shape index (κ3) is 6.70. The number of piperidine rings is 1. The zero-order valence-electron chi connectivity index (χ0n) is 21.7. The molecule has 198 valence electrons. The van der Waals surface area contributed by atoms with E-state index in [-0.39, 0.29) is 6.61 Å². The first kappa shape index (κ1) is 25.7. The van der Waals surface area contributed by atoms with Gasteiger partial charge in [0.05, 0.1) is 12.7 Å². The van der Waals surface area contributed by atoms with Gasteiger partial charge in [-0.15, -0.1) is 0 Å². The molecular weight excluding hydrogens is 468 g/mol. The van der Waals surface area contributed by atoms with Gasteiger partial charge in [0.2, 0.25) is 5.95 Å². The summed E-state index contributed by atoms with van der Waals surface area (Å²) < 4.78 is 0. The van der Waals surface area contributed by atoms with E-state index in [9.17, 15) is 5.11 Å². The second-order valence-corrected chi connectivity index (χ2v) is 10.2. The Morgan fingerprint density at radius 2 is 1.73 bits per heavy atom. The van der Waals surface area contributed by atoms with E-state index in [2.05, 4.69) is 36.1 Å². The van der Waals surface area contributed by atoms with Crippen molar-refractivity contribution in [1.29, 1.82) is 0 Å². The van der Waals surface area contributed by atoms with Crippen molar-refractivity contribution >= 4 is 28.5 Å². The molecule has 0 aliphatic carbocycles. The minimum atomic E-state index is -0.453. The van der Waals surface area contributed by atoms with Gasteiger partial charge >= 0.3 is 0 Å². The Kier molecular flexibility index (Phi) is 8.40. The average molecular weight is 507 g/mol. The van der Waals surface area contributed by atoms with Gasteiger partial charge in [0.25, 0.3) is 0 Å². The van der Waals surface area contributed by atoms with E-state index >= 15 is 0 Å². The Bertz CT molecular complexity index is 1160. The second kappa shape index (κ2) is 12.1. The molecular formula is C27H38N8O2. The summed E-state index contributed by atoms with van der Waals surface area (Å²) in [5.41, 5.74) is 2.85. The van der Waals surface area contributed by atoms with Crippen LogP contribution in [-0.2, 0) is 13.0 Å². The third-order valence-electron chi connectivity index (χ3n) is 7.11. The summed E-state index contributed by atoms with van der Waals surface area (Å²) in [7, 11) is 0. The van der Waals surface area contributed by atoms with Crippen molar-refractivity contribution in [2.45, 2.75) is 45.3 Å². The van der Waals surface area contributed by atoms with E-state index in [1.807, 2.05) is 24.5 Å². The predicted molar refractivity (Wildman–Crippen MR) is 145 cm³/mol.